The van der Waals surface area contributed by atoms with Gasteiger partial charge in [-0.2, -0.15) is 0 Å². The normalized spacial score (nSPS) is 16.1. The predicted molar refractivity (Wildman–Crippen MR) is 146 cm³/mol. The summed E-state index contributed by atoms with van der Waals surface area (Å²) in [6, 6.07) is 12.3. The number of ether oxygens (including phenoxy) is 2. The highest BCUT2D eigenvalue weighted by Crippen LogP contribution is 2.31. The Bertz CT molecular complexity index is 1230. The molecule has 0 unspecified atom stereocenters. The number of methoxy groups -OCH3 is 2. The number of carbonyl (C=O) groups is 1. The minimum Gasteiger partial charge on any atom is -0.481 e. The maximum Gasteiger partial charge on any atom is 0.220 e. The first-order valence-electron chi connectivity index (χ1n) is 12.6. The van der Waals surface area contributed by atoms with Gasteiger partial charge in [0.25, 0.3) is 0 Å². The van der Waals surface area contributed by atoms with Gasteiger partial charge in [-0.1, -0.05) is 17.7 Å². The van der Waals surface area contributed by atoms with Crippen LogP contribution in [0.15, 0.2) is 42.6 Å². The van der Waals surface area contributed by atoms with Crippen LogP contribution in [0.5, 0.6) is 5.88 Å². The minimum atomic E-state index is 0.120. The molecule has 0 bridgehead atoms. The molecule has 9 heteroatoms. The molecule has 0 radical (unpaired) electrons. The molecule has 2 aromatic heterocycles. The second kappa shape index (κ2) is 12.6. The fourth-order valence-electron chi connectivity index (χ4n) is 4.51. The summed E-state index contributed by atoms with van der Waals surface area (Å²) < 4.78 is 13.1. The fraction of sp³-hybridized carbons (Fsp3) is 0.429. The summed E-state index contributed by atoms with van der Waals surface area (Å²) >= 11 is 6.77. The lowest BCUT2D eigenvalue weighted by Crippen LogP contribution is -2.35. The summed E-state index contributed by atoms with van der Waals surface area (Å²) in [5.74, 6) is 0.676. The van der Waals surface area contributed by atoms with Gasteiger partial charge in [0.2, 0.25) is 11.8 Å². The largest absolute Gasteiger partial charge is 0.481 e. The van der Waals surface area contributed by atoms with Crippen LogP contribution in [0.25, 0.3) is 16.9 Å². The maximum absolute atomic E-state index is 11.4. The van der Waals surface area contributed by atoms with Crippen molar-refractivity contribution in [2.24, 2.45) is 0 Å². The highest BCUT2D eigenvalue weighted by molar-refractivity contribution is 6.33. The standard InChI is InChI=1S/C28H36ClN5O3/c1-18-11-12-34(26(18)17-30-14-19(2)36-3)22-7-8-23(24(29)13-22)25-9-5-20(28(33-25)37-4)15-31-16-21-6-10-27(35)32-21/h5,7-9,11-13,19,21,30-31H,6,10,14-17H2,1-4H3,(H,32,35)/t19-,21-/m0/s1. The van der Waals surface area contributed by atoms with Crippen LogP contribution in [0.4, 0.5) is 0 Å². The van der Waals surface area contributed by atoms with E-state index in [0.29, 0.717) is 30.4 Å². The Morgan fingerprint density at radius 2 is 2.03 bits per heavy atom. The molecular formula is C28H36ClN5O3. The number of hydrogen-bond donors (Lipinski definition) is 3. The zero-order chi connectivity index (χ0) is 26.4. The minimum absolute atomic E-state index is 0.120. The number of nitrogens with one attached hydrogen (secondary N) is 3. The van der Waals surface area contributed by atoms with Crippen LogP contribution in [-0.2, 0) is 22.6 Å². The Morgan fingerprint density at radius 3 is 2.73 bits per heavy atom. The molecule has 1 saturated heterocycles. The number of amides is 1. The van der Waals surface area contributed by atoms with Crippen molar-refractivity contribution in [1.82, 2.24) is 25.5 Å². The molecule has 1 aliphatic heterocycles. The molecule has 198 valence electrons. The second-order valence-corrected chi connectivity index (χ2v) is 9.86. The van der Waals surface area contributed by atoms with Crippen molar-refractivity contribution < 1.29 is 14.3 Å². The molecule has 2 atom stereocenters. The van der Waals surface area contributed by atoms with Crippen molar-refractivity contribution in [2.75, 3.05) is 27.3 Å². The first-order chi connectivity index (χ1) is 17.9. The quantitative estimate of drug-likeness (QED) is 0.331. The monoisotopic (exact) mass is 525 g/mol. The molecule has 1 fully saturated rings. The van der Waals surface area contributed by atoms with Gasteiger partial charge in [-0.3, -0.25) is 4.79 Å². The summed E-state index contributed by atoms with van der Waals surface area (Å²) in [6.07, 6.45) is 3.68. The number of hydrogen-bond acceptors (Lipinski definition) is 6. The highest BCUT2D eigenvalue weighted by atomic mass is 35.5. The first kappa shape index (κ1) is 27.1. The van der Waals surface area contributed by atoms with E-state index < -0.39 is 0 Å². The molecule has 37 heavy (non-hydrogen) atoms. The molecular weight excluding hydrogens is 490 g/mol. The lowest BCUT2D eigenvalue weighted by Gasteiger charge is -2.16. The van der Waals surface area contributed by atoms with E-state index >= 15 is 0 Å². The van der Waals surface area contributed by atoms with E-state index in [1.54, 1.807) is 14.2 Å². The zero-order valence-corrected chi connectivity index (χ0v) is 22.7. The third kappa shape index (κ3) is 6.70. The van der Waals surface area contributed by atoms with Crippen molar-refractivity contribution in [1.29, 1.82) is 0 Å². The van der Waals surface area contributed by atoms with Crippen LogP contribution in [0.2, 0.25) is 5.02 Å². The van der Waals surface area contributed by atoms with Gasteiger partial charge >= 0.3 is 0 Å². The summed E-state index contributed by atoms with van der Waals surface area (Å²) in [6.45, 7) is 6.97. The molecule has 1 amide bonds. The third-order valence-electron chi connectivity index (χ3n) is 6.78. The van der Waals surface area contributed by atoms with E-state index in [0.717, 1.165) is 42.0 Å². The smallest absolute Gasteiger partial charge is 0.220 e. The number of nitrogens with zero attached hydrogens (tertiary/aromatic N) is 2. The third-order valence-corrected chi connectivity index (χ3v) is 7.09. The average Bonchev–Trinajstić information content (AvgIpc) is 3.48. The number of carbonyl (C=O) groups excluding carboxylic acids is 1. The summed E-state index contributed by atoms with van der Waals surface area (Å²) in [5.41, 5.74) is 5.93. The Labute approximate surface area is 223 Å². The topological polar surface area (TPSA) is 89.4 Å². The molecule has 0 spiro atoms. The molecule has 3 aromatic rings. The van der Waals surface area contributed by atoms with Gasteiger partial charge in [-0.25, -0.2) is 4.98 Å². The van der Waals surface area contributed by atoms with Crippen LogP contribution in [0.3, 0.4) is 0 Å². The van der Waals surface area contributed by atoms with Gasteiger partial charge < -0.3 is 30.0 Å². The van der Waals surface area contributed by atoms with E-state index in [4.69, 9.17) is 26.1 Å². The van der Waals surface area contributed by atoms with Crippen molar-refractivity contribution in [3.05, 3.63) is 64.4 Å². The van der Waals surface area contributed by atoms with Crippen LogP contribution in [-0.4, -0.2) is 54.9 Å². The van der Waals surface area contributed by atoms with Gasteiger partial charge in [0.15, 0.2) is 0 Å². The van der Waals surface area contributed by atoms with Crippen LogP contribution < -0.4 is 20.7 Å². The van der Waals surface area contributed by atoms with Gasteiger partial charge in [0.05, 0.1) is 23.9 Å². The van der Waals surface area contributed by atoms with Crippen molar-refractivity contribution in [3.63, 3.8) is 0 Å². The van der Waals surface area contributed by atoms with E-state index in [1.807, 2.05) is 31.2 Å². The number of aromatic nitrogens is 2. The molecule has 0 saturated carbocycles. The Balaban J connectivity index is 1.47. The Hall–Kier alpha value is -2.91. The second-order valence-electron chi connectivity index (χ2n) is 9.46. The lowest BCUT2D eigenvalue weighted by atomic mass is 10.1. The molecule has 1 aromatic carbocycles. The fourth-order valence-corrected chi connectivity index (χ4v) is 4.78. The lowest BCUT2D eigenvalue weighted by molar-refractivity contribution is -0.119. The molecule has 0 aliphatic carbocycles. The highest BCUT2D eigenvalue weighted by Gasteiger charge is 2.20. The van der Waals surface area contributed by atoms with Crippen molar-refractivity contribution >= 4 is 17.5 Å². The van der Waals surface area contributed by atoms with Gasteiger partial charge in [0.1, 0.15) is 0 Å². The van der Waals surface area contributed by atoms with E-state index in [2.05, 4.69) is 45.8 Å². The average molecular weight is 526 g/mol. The van der Waals surface area contributed by atoms with E-state index in [-0.39, 0.29) is 18.1 Å². The predicted octanol–water partition coefficient (Wildman–Crippen LogP) is 4.00. The van der Waals surface area contributed by atoms with Crippen molar-refractivity contribution in [3.8, 4) is 22.8 Å². The van der Waals surface area contributed by atoms with E-state index in [1.165, 1.54) is 11.3 Å². The van der Waals surface area contributed by atoms with E-state index in [9.17, 15) is 4.79 Å². The SMILES string of the molecule is COc1nc(-c2ccc(-n3ccc(C)c3CNC[C@H](C)OC)cc2Cl)ccc1CNC[C@@H]1CCC(=O)N1. The van der Waals surface area contributed by atoms with Gasteiger partial charge in [-0.15, -0.1) is 0 Å². The molecule has 1 aliphatic rings. The number of halogens is 1. The molecule has 4 rings (SSSR count). The van der Waals surface area contributed by atoms with Gasteiger partial charge in [-0.05, 0) is 56.2 Å². The molecule has 3 N–H and O–H groups in total. The number of benzene rings is 1. The number of rotatable bonds is 12. The van der Waals surface area contributed by atoms with Crippen LogP contribution >= 0.6 is 11.6 Å². The zero-order valence-electron chi connectivity index (χ0n) is 21.9. The molecule has 8 nitrogen and oxygen atoms in total. The number of pyridine rings is 1. The summed E-state index contributed by atoms with van der Waals surface area (Å²) in [4.78, 5) is 16.1. The number of aryl methyl sites for hydroxylation is 1. The molecule has 3 heterocycles. The summed E-state index contributed by atoms with van der Waals surface area (Å²) in [5, 5.41) is 10.4. The van der Waals surface area contributed by atoms with Crippen molar-refractivity contribution in [2.45, 2.75) is 51.9 Å². The summed E-state index contributed by atoms with van der Waals surface area (Å²) in [7, 11) is 3.34. The first-order valence-corrected chi connectivity index (χ1v) is 13.0. The van der Waals surface area contributed by atoms with Crippen LogP contribution in [0.1, 0.15) is 36.6 Å². The Kier molecular flexibility index (Phi) is 9.21. The van der Waals surface area contributed by atoms with Crippen LogP contribution in [0, 0.1) is 6.92 Å². The Morgan fingerprint density at radius 1 is 1.19 bits per heavy atom. The maximum atomic E-state index is 11.4. The van der Waals surface area contributed by atoms with Gasteiger partial charge in [0, 0.05) is 74.5 Å².